The van der Waals surface area contributed by atoms with Crippen molar-refractivity contribution >= 4 is 16.9 Å². The lowest BCUT2D eigenvalue weighted by atomic mass is 10.0. The summed E-state index contributed by atoms with van der Waals surface area (Å²) in [6.07, 6.45) is -6.62. The third kappa shape index (κ3) is 4.82. The molecular weight excluding hydrogens is 356 g/mol. The Morgan fingerprint density at radius 1 is 1.11 bits per heavy atom. The van der Waals surface area contributed by atoms with Crippen molar-refractivity contribution in [1.82, 2.24) is 10.1 Å². The Morgan fingerprint density at radius 3 is 2.33 bits per heavy atom. The molecule has 0 aliphatic carbocycles. The summed E-state index contributed by atoms with van der Waals surface area (Å²) in [5.74, 6) is -0.369. The lowest BCUT2D eigenvalue weighted by Crippen LogP contribution is -2.50. The van der Waals surface area contributed by atoms with Crippen molar-refractivity contribution in [2.45, 2.75) is 44.7 Å². The minimum absolute atomic E-state index is 0.0589. The molecule has 2 rings (SSSR count). The first-order chi connectivity index (χ1) is 12.6. The van der Waals surface area contributed by atoms with Crippen LogP contribution in [-0.4, -0.2) is 86.1 Å². The van der Waals surface area contributed by atoms with Crippen LogP contribution in [0.3, 0.4) is 0 Å². The molecule has 4 atom stereocenters. The molecule has 27 heavy (non-hydrogen) atoms. The first kappa shape index (κ1) is 21.3. The summed E-state index contributed by atoms with van der Waals surface area (Å²) in [5.41, 5.74) is 3.15. The van der Waals surface area contributed by atoms with E-state index in [1.54, 1.807) is 0 Å². The van der Waals surface area contributed by atoms with E-state index < -0.39 is 31.0 Å². The normalized spacial score (nSPS) is 16.1. The summed E-state index contributed by atoms with van der Waals surface area (Å²) in [6.45, 7) is 2.86. The van der Waals surface area contributed by atoms with Crippen LogP contribution < -0.4 is 0 Å². The summed E-state index contributed by atoms with van der Waals surface area (Å²) < 4.78 is 5.26. The molecule has 5 N–H and O–H groups in total. The molecule has 0 fully saturated rings. The maximum absolute atomic E-state index is 12.4. The highest BCUT2D eigenvalue weighted by atomic mass is 16.5. The van der Waals surface area contributed by atoms with Crippen molar-refractivity contribution in [3.63, 3.8) is 0 Å². The average molecular weight is 382 g/mol. The molecule has 0 saturated heterocycles. The van der Waals surface area contributed by atoms with E-state index in [2.05, 4.69) is 5.16 Å². The van der Waals surface area contributed by atoms with Gasteiger partial charge in [-0.2, -0.15) is 0 Å². The molecule has 0 aliphatic heterocycles. The van der Waals surface area contributed by atoms with Gasteiger partial charge < -0.3 is 35.0 Å². The minimum atomic E-state index is -1.74. The van der Waals surface area contributed by atoms with E-state index in [-0.39, 0.29) is 18.9 Å². The Morgan fingerprint density at radius 2 is 1.70 bits per heavy atom. The van der Waals surface area contributed by atoms with Crippen LogP contribution in [0.25, 0.3) is 11.0 Å². The van der Waals surface area contributed by atoms with Crippen LogP contribution in [0.1, 0.15) is 16.8 Å². The van der Waals surface area contributed by atoms with Gasteiger partial charge in [0.25, 0.3) is 0 Å². The maximum atomic E-state index is 12.4. The van der Waals surface area contributed by atoms with Crippen LogP contribution in [0, 0.1) is 13.8 Å². The van der Waals surface area contributed by atoms with Gasteiger partial charge in [0.15, 0.2) is 5.58 Å². The van der Waals surface area contributed by atoms with Crippen LogP contribution in [0.2, 0.25) is 0 Å². The molecule has 0 saturated carbocycles. The summed E-state index contributed by atoms with van der Waals surface area (Å²) in [5, 5.41) is 52.3. The fourth-order valence-electron chi connectivity index (χ4n) is 2.70. The van der Waals surface area contributed by atoms with Crippen molar-refractivity contribution in [2.75, 3.05) is 20.2 Å². The summed E-state index contributed by atoms with van der Waals surface area (Å²) in [7, 11) is 1.44. The largest absolute Gasteiger partial charge is 0.394 e. The molecule has 150 valence electrons. The molecule has 0 aliphatic rings. The predicted molar refractivity (Wildman–Crippen MR) is 95.9 cm³/mol. The molecule has 1 aromatic heterocycles. The highest BCUT2D eigenvalue weighted by molar-refractivity contribution is 5.87. The number of nitrogens with zero attached hydrogens (tertiary/aromatic N) is 2. The standard InChI is InChI=1S/C18H26N2O7/c1-9-4-11-12(19-27-15(11)5-10(9)2)6-16(24)20(3)7-13(22)17(25)18(26)14(23)8-21/h4-5,13-14,17-18,21-23,25-26H,6-8H2,1-3H3. The van der Waals surface area contributed by atoms with Gasteiger partial charge in [0.1, 0.15) is 30.1 Å². The topological polar surface area (TPSA) is 147 Å². The van der Waals surface area contributed by atoms with E-state index in [1.165, 1.54) is 11.9 Å². The van der Waals surface area contributed by atoms with E-state index in [0.717, 1.165) is 16.5 Å². The molecule has 0 bridgehead atoms. The highest BCUT2D eigenvalue weighted by Crippen LogP contribution is 2.23. The number of hydrogen-bond acceptors (Lipinski definition) is 8. The second-order valence-corrected chi connectivity index (χ2v) is 6.81. The molecule has 2 aromatic rings. The molecule has 0 spiro atoms. The molecular formula is C18H26N2O7. The van der Waals surface area contributed by atoms with Gasteiger partial charge in [-0.3, -0.25) is 4.79 Å². The van der Waals surface area contributed by atoms with Gasteiger partial charge in [-0.05, 0) is 37.1 Å². The SMILES string of the molecule is Cc1cc2onc(CC(=O)N(C)CC(O)C(O)C(O)C(O)CO)c2cc1C. The van der Waals surface area contributed by atoms with Gasteiger partial charge in [0.05, 0.1) is 13.0 Å². The van der Waals surface area contributed by atoms with E-state index >= 15 is 0 Å². The van der Waals surface area contributed by atoms with Crippen LogP contribution in [0.15, 0.2) is 16.7 Å². The van der Waals surface area contributed by atoms with Crippen molar-refractivity contribution in [2.24, 2.45) is 0 Å². The highest BCUT2D eigenvalue weighted by Gasteiger charge is 2.31. The number of rotatable bonds is 8. The third-order valence-electron chi connectivity index (χ3n) is 4.69. The Balaban J connectivity index is 2.02. The quantitative estimate of drug-likeness (QED) is 0.386. The Bertz CT molecular complexity index is 791. The van der Waals surface area contributed by atoms with Gasteiger partial charge in [-0.25, -0.2) is 0 Å². The van der Waals surface area contributed by atoms with Crippen LogP contribution >= 0.6 is 0 Å². The van der Waals surface area contributed by atoms with Crippen LogP contribution in [0.4, 0.5) is 0 Å². The maximum Gasteiger partial charge on any atom is 0.228 e. The summed E-state index contributed by atoms with van der Waals surface area (Å²) in [6, 6.07) is 3.75. The van der Waals surface area contributed by atoms with Gasteiger partial charge >= 0.3 is 0 Å². The van der Waals surface area contributed by atoms with Crippen molar-refractivity contribution in [3.05, 3.63) is 29.0 Å². The number of carbonyl (C=O) groups is 1. The Kier molecular flexibility index (Phi) is 6.90. The van der Waals surface area contributed by atoms with Crippen LogP contribution in [-0.2, 0) is 11.2 Å². The lowest BCUT2D eigenvalue weighted by Gasteiger charge is -2.28. The zero-order chi connectivity index (χ0) is 20.3. The number of benzene rings is 1. The summed E-state index contributed by atoms with van der Waals surface area (Å²) >= 11 is 0. The monoisotopic (exact) mass is 382 g/mol. The zero-order valence-corrected chi connectivity index (χ0v) is 15.5. The Labute approximate surface area is 156 Å². The molecule has 9 heteroatoms. The fraction of sp³-hybridized carbons (Fsp3) is 0.556. The summed E-state index contributed by atoms with van der Waals surface area (Å²) in [4.78, 5) is 13.6. The molecule has 0 radical (unpaired) electrons. The molecule has 1 heterocycles. The number of aryl methyl sites for hydroxylation is 2. The number of carbonyl (C=O) groups excluding carboxylic acids is 1. The van der Waals surface area contributed by atoms with Gasteiger partial charge in [-0.15, -0.1) is 0 Å². The molecule has 1 amide bonds. The second-order valence-electron chi connectivity index (χ2n) is 6.81. The Hall–Kier alpha value is -2.04. The van der Waals surface area contributed by atoms with Gasteiger partial charge in [0, 0.05) is 19.0 Å². The fourth-order valence-corrected chi connectivity index (χ4v) is 2.70. The second kappa shape index (κ2) is 8.77. The average Bonchev–Trinajstić information content (AvgIpc) is 3.01. The number of aliphatic hydroxyl groups is 5. The third-order valence-corrected chi connectivity index (χ3v) is 4.69. The van der Waals surface area contributed by atoms with Gasteiger partial charge in [0.2, 0.25) is 5.91 Å². The molecule has 1 aromatic carbocycles. The van der Waals surface area contributed by atoms with Crippen molar-refractivity contribution in [1.29, 1.82) is 0 Å². The molecule has 9 nitrogen and oxygen atoms in total. The van der Waals surface area contributed by atoms with E-state index in [4.69, 9.17) is 9.63 Å². The number of likely N-dealkylation sites (N-methyl/N-ethyl adjacent to an activating group) is 1. The first-order valence-electron chi connectivity index (χ1n) is 8.58. The molecule has 4 unspecified atom stereocenters. The number of fused-ring (bicyclic) bond motifs is 1. The predicted octanol–water partition coefficient (Wildman–Crippen LogP) is -1.12. The smallest absolute Gasteiger partial charge is 0.228 e. The first-order valence-corrected chi connectivity index (χ1v) is 8.58. The van der Waals surface area contributed by atoms with E-state index in [0.29, 0.717) is 11.3 Å². The van der Waals surface area contributed by atoms with Crippen molar-refractivity contribution < 1.29 is 34.9 Å². The number of amides is 1. The number of hydrogen-bond donors (Lipinski definition) is 5. The number of aliphatic hydroxyl groups excluding tert-OH is 5. The van der Waals surface area contributed by atoms with Gasteiger partial charge in [-0.1, -0.05) is 5.16 Å². The lowest BCUT2D eigenvalue weighted by molar-refractivity contribution is -0.137. The number of aromatic nitrogens is 1. The van der Waals surface area contributed by atoms with Crippen LogP contribution in [0.5, 0.6) is 0 Å². The minimum Gasteiger partial charge on any atom is -0.394 e. The zero-order valence-electron chi connectivity index (χ0n) is 15.5. The van der Waals surface area contributed by atoms with Crippen molar-refractivity contribution in [3.8, 4) is 0 Å². The van der Waals surface area contributed by atoms with E-state index in [9.17, 15) is 25.2 Å². The van der Waals surface area contributed by atoms with E-state index in [1.807, 2.05) is 26.0 Å².